The summed E-state index contributed by atoms with van der Waals surface area (Å²) in [5, 5.41) is 4.09. The van der Waals surface area contributed by atoms with E-state index in [9.17, 15) is 13.2 Å². The lowest BCUT2D eigenvalue weighted by Gasteiger charge is -2.16. The number of rotatable bonds is 6. The van der Waals surface area contributed by atoms with Crippen LogP contribution in [0.5, 0.6) is 0 Å². The molecule has 1 aromatic heterocycles. The van der Waals surface area contributed by atoms with E-state index in [2.05, 4.69) is 31.0 Å². The van der Waals surface area contributed by atoms with Gasteiger partial charge in [-0.25, -0.2) is 13.8 Å². The van der Waals surface area contributed by atoms with E-state index in [0.717, 1.165) is 37.7 Å². The summed E-state index contributed by atoms with van der Waals surface area (Å²) in [5.74, 6) is -0.385. The number of hydrazone groups is 1. The number of halogens is 1. The van der Waals surface area contributed by atoms with Crippen LogP contribution in [-0.4, -0.2) is 38.4 Å². The number of carbonyl (C=O) groups is 1. The number of nitrogens with one attached hydrogen (secondary N) is 1. The van der Waals surface area contributed by atoms with Gasteiger partial charge in [-0.15, -0.1) is 0 Å². The van der Waals surface area contributed by atoms with Crippen LogP contribution in [0.1, 0.15) is 27.3 Å². The zero-order valence-electron chi connectivity index (χ0n) is 17.6. The second-order valence-electron chi connectivity index (χ2n) is 7.09. The van der Waals surface area contributed by atoms with E-state index in [1.165, 1.54) is 7.05 Å². The molecule has 0 radical (unpaired) electrons. The molecule has 31 heavy (non-hydrogen) atoms. The number of sulfonamides is 1. The summed E-state index contributed by atoms with van der Waals surface area (Å²) in [6.45, 7) is 4.00. The molecular weight excluding hydrogens is 480 g/mol. The SMILES string of the molecule is Cc1cc(/C=N\NC(=O)c2ccc(N(C)S(C)(=O)=O)cc2)c(C)n1-c1ccccc1Br. The molecule has 1 amide bonds. The maximum atomic E-state index is 12.4. The Balaban J connectivity index is 1.73. The van der Waals surface area contributed by atoms with E-state index in [4.69, 9.17) is 0 Å². The lowest BCUT2D eigenvalue weighted by atomic mass is 10.2. The zero-order valence-corrected chi connectivity index (χ0v) is 20.0. The molecule has 0 aliphatic rings. The smallest absolute Gasteiger partial charge is 0.271 e. The quantitative estimate of drug-likeness (QED) is 0.408. The van der Waals surface area contributed by atoms with Crippen LogP contribution in [-0.2, 0) is 10.0 Å². The minimum absolute atomic E-state index is 0.376. The Kier molecular flexibility index (Phi) is 6.66. The highest BCUT2D eigenvalue weighted by Gasteiger charge is 2.13. The monoisotopic (exact) mass is 502 g/mol. The Morgan fingerprint density at radius 1 is 1.13 bits per heavy atom. The highest BCUT2D eigenvalue weighted by Crippen LogP contribution is 2.26. The van der Waals surface area contributed by atoms with Gasteiger partial charge in [0.25, 0.3) is 5.91 Å². The Bertz CT molecular complexity index is 1250. The van der Waals surface area contributed by atoms with Gasteiger partial charge in [0.1, 0.15) is 0 Å². The number of amides is 1. The summed E-state index contributed by atoms with van der Waals surface area (Å²) in [6.07, 6.45) is 2.73. The van der Waals surface area contributed by atoms with Gasteiger partial charge in [0.15, 0.2) is 0 Å². The van der Waals surface area contributed by atoms with Crippen molar-refractivity contribution >= 4 is 43.8 Å². The van der Waals surface area contributed by atoms with Gasteiger partial charge in [0, 0.05) is 34.0 Å². The first-order valence-electron chi connectivity index (χ1n) is 9.41. The van der Waals surface area contributed by atoms with Gasteiger partial charge < -0.3 is 4.57 Å². The van der Waals surface area contributed by atoms with E-state index in [1.54, 1.807) is 30.5 Å². The maximum absolute atomic E-state index is 12.4. The predicted octanol–water partition coefficient (Wildman–Crippen LogP) is 4.02. The van der Waals surface area contributed by atoms with Crippen molar-refractivity contribution in [3.05, 3.63) is 81.6 Å². The standard InChI is InChI=1S/C22H23BrN4O3S/c1-15-13-18(16(2)27(15)21-8-6-5-7-20(21)23)14-24-25-22(28)17-9-11-19(12-10-17)26(3)31(4,29)30/h5-14H,1-4H3,(H,25,28)/b24-14-. The van der Waals surface area contributed by atoms with Crippen molar-refractivity contribution in [2.24, 2.45) is 5.10 Å². The van der Waals surface area contributed by atoms with Crippen LogP contribution in [0.4, 0.5) is 5.69 Å². The van der Waals surface area contributed by atoms with Crippen molar-refractivity contribution in [1.29, 1.82) is 0 Å². The molecule has 1 N–H and O–H groups in total. The number of aromatic nitrogens is 1. The van der Waals surface area contributed by atoms with Crippen LogP contribution >= 0.6 is 15.9 Å². The minimum Gasteiger partial charge on any atom is -0.317 e. The summed E-state index contributed by atoms with van der Waals surface area (Å²) in [5.41, 5.74) is 7.32. The molecule has 0 bridgehead atoms. The highest BCUT2D eigenvalue weighted by molar-refractivity contribution is 9.10. The molecule has 3 rings (SSSR count). The molecule has 3 aromatic rings. The minimum atomic E-state index is -3.36. The van der Waals surface area contributed by atoms with Gasteiger partial charge in [0.2, 0.25) is 10.0 Å². The van der Waals surface area contributed by atoms with Gasteiger partial charge >= 0.3 is 0 Å². The molecule has 0 fully saturated rings. The fourth-order valence-electron chi connectivity index (χ4n) is 3.16. The Labute approximate surface area is 190 Å². The van der Waals surface area contributed by atoms with Crippen LogP contribution in [0.3, 0.4) is 0 Å². The third-order valence-electron chi connectivity index (χ3n) is 4.92. The lowest BCUT2D eigenvalue weighted by molar-refractivity contribution is 0.0955. The molecule has 0 saturated carbocycles. The van der Waals surface area contributed by atoms with E-state index >= 15 is 0 Å². The second kappa shape index (κ2) is 9.07. The molecular formula is C22H23BrN4O3S. The third-order valence-corrected chi connectivity index (χ3v) is 6.80. The van der Waals surface area contributed by atoms with Crippen LogP contribution in [0.15, 0.2) is 64.2 Å². The molecule has 0 aliphatic heterocycles. The zero-order chi connectivity index (χ0) is 22.8. The average Bonchev–Trinajstić information content (AvgIpc) is 3.00. The molecule has 7 nitrogen and oxygen atoms in total. The Morgan fingerprint density at radius 2 is 1.77 bits per heavy atom. The molecule has 0 saturated heterocycles. The molecule has 2 aromatic carbocycles. The summed E-state index contributed by atoms with van der Waals surface area (Å²) in [4.78, 5) is 12.4. The van der Waals surface area contributed by atoms with Gasteiger partial charge in [0.05, 0.1) is 23.8 Å². The predicted molar refractivity (Wildman–Crippen MR) is 128 cm³/mol. The second-order valence-corrected chi connectivity index (χ2v) is 9.96. The first-order valence-corrected chi connectivity index (χ1v) is 12.0. The topological polar surface area (TPSA) is 83.8 Å². The fourth-order valence-corrected chi connectivity index (χ4v) is 4.13. The van der Waals surface area contributed by atoms with Crippen molar-refractivity contribution in [3.8, 4) is 5.69 Å². The third kappa shape index (κ3) is 5.05. The Morgan fingerprint density at radius 3 is 2.39 bits per heavy atom. The summed E-state index contributed by atoms with van der Waals surface area (Å²) < 4.78 is 27.5. The van der Waals surface area contributed by atoms with E-state index < -0.39 is 10.0 Å². The largest absolute Gasteiger partial charge is 0.317 e. The van der Waals surface area contributed by atoms with E-state index in [1.807, 2.05) is 44.2 Å². The summed E-state index contributed by atoms with van der Waals surface area (Å²) in [6, 6.07) is 16.2. The number of para-hydroxylation sites is 1. The number of hydrogen-bond donors (Lipinski definition) is 1. The van der Waals surface area contributed by atoms with Gasteiger partial charge in [-0.1, -0.05) is 12.1 Å². The molecule has 1 heterocycles. The average molecular weight is 503 g/mol. The first-order chi connectivity index (χ1) is 14.6. The highest BCUT2D eigenvalue weighted by atomic mass is 79.9. The normalized spacial score (nSPS) is 11.6. The van der Waals surface area contributed by atoms with Crippen molar-refractivity contribution < 1.29 is 13.2 Å². The van der Waals surface area contributed by atoms with Crippen molar-refractivity contribution in [1.82, 2.24) is 9.99 Å². The maximum Gasteiger partial charge on any atom is 0.271 e. The molecule has 162 valence electrons. The van der Waals surface area contributed by atoms with E-state index in [0.29, 0.717) is 11.3 Å². The molecule has 0 atom stereocenters. The van der Waals surface area contributed by atoms with Crippen molar-refractivity contribution in [2.75, 3.05) is 17.6 Å². The van der Waals surface area contributed by atoms with Crippen LogP contribution < -0.4 is 9.73 Å². The van der Waals surface area contributed by atoms with Crippen LogP contribution in [0, 0.1) is 13.8 Å². The number of nitrogens with zero attached hydrogens (tertiary/aromatic N) is 3. The molecule has 0 spiro atoms. The van der Waals surface area contributed by atoms with Gasteiger partial charge in [-0.3, -0.25) is 9.10 Å². The van der Waals surface area contributed by atoms with Gasteiger partial charge in [-0.2, -0.15) is 5.10 Å². The van der Waals surface area contributed by atoms with E-state index in [-0.39, 0.29) is 5.91 Å². The fraction of sp³-hybridized carbons (Fsp3) is 0.182. The number of carbonyl (C=O) groups excluding carboxylic acids is 1. The first kappa shape index (κ1) is 22.8. The molecule has 0 unspecified atom stereocenters. The lowest BCUT2D eigenvalue weighted by Crippen LogP contribution is -2.25. The van der Waals surface area contributed by atoms with Crippen LogP contribution in [0.2, 0.25) is 0 Å². The Hall–Kier alpha value is -2.91. The number of anilines is 1. The summed E-state index contributed by atoms with van der Waals surface area (Å²) in [7, 11) is -1.90. The number of hydrogen-bond acceptors (Lipinski definition) is 4. The molecule has 0 aliphatic carbocycles. The van der Waals surface area contributed by atoms with Gasteiger partial charge in [-0.05, 0) is 72.2 Å². The van der Waals surface area contributed by atoms with Crippen molar-refractivity contribution in [2.45, 2.75) is 13.8 Å². The summed E-state index contributed by atoms with van der Waals surface area (Å²) >= 11 is 3.58. The number of benzene rings is 2. The molecule has 9 heteroatoms. The van der Waals surface area contributed by atoms with Crippen LogP contribution in [0.25, 0.3) is 5.69 Å². The van der Waals surface area contributed by atoms with Crippen molar-refractivity contribution in [3.63, 3.8) is 0 Å². The number of aryl methyl sites for hydroxylation is 1.